The molecule has 5 nitrogen and oxygen atoms in total. The van der Waals surface area contributed by atoms with Gasteiger partial charge in [-0.3, -0.25) is 9.59 Å². The fourth-order valence-corrected chi connectivity index (χ4v) is 4.07. The number of likely N-dealkylation sites (N-methyl/N-ethyl adjacent to an activating group) is 1. The van der Waals surface area contributed by atoms with E-state index < -0.39 is 5.54 Å². The maximum absolute atomic E-state index is 13.2. The Morgan fingerprint density at radius 2 is 1.73 bits per heavy atom. The first-order valence-electron chi connectivity index (χ1n) is 8.50. The van der Waals surface area contributed by atoms with Crippen molar-refractivity contribution in [3.8, 4) is 0 Å². The summed E-state index contributed by atoms with van der Waals surface area (Å²) in [6.45, 7) is 7.50. The van der Waals surface area contributed by atoms with Crippen LogP contribution in [-0.4, -0.2) is 60.4 Å². The quantitative estimate of drug-likeness (QED) is 0.859. The molecule has 1 N–H and O–H groups in total. The van der Waals surface area contributed by atoms with Gasteiger partial charge < -0.3 is 15.1 Å². The van der Waals surface area contributed by atoms with Gasteiger partial charge in [-0.15, -0.1) is 0 Å². The lowest BCUT2D eigenvalue weighted by Gasteiger charge is -2.41. The lowest BCUT2D eigenvalue weighted by atomic mass is 9.76. The number of hydrogen-bond donors (Lipinski definition) is 1. The first-order chi connectivity index (χ1) is 10.2. The molecule has 2 rings (SSSR count). The first-order valence-corrected chi connectivity index (χ1v) is 8.50. The van der Waals surface area contributed by atoms with Crippen molar-refractivity contribution in [2.24, 2.45) is 11.8 Å². The van der Waals surface area contributed by atoms with Crippen LogP contribution in [0.15, 0.2) is 0 Å². The van der Waals surface area contributed by atoms with Gasteiger partial charge in [0.05, 0.1) is 0 Å². The lowest BCUT2D eigenvalue weighted by Crippen LogP contribution is -2.60. The maximum Gasteiger partial charge on any atom is 0.248 e. The number of nitrogens with one attached hydrogen (secondary N) is 1. The van der Waals surface area contributed by atoms with Crippen molar-refractivity contribution in [3.63, 3.8) is 0 Å². The molecule has 2 atom stereocenters. The normalized spacial score (nSPS) is 35.7. The summed E-state index contributed by atoms with van der Waals surface area (Å²) in [5.74, 6) is 1.14. The van der Waals surface area contributed by atoms with E-state index in [9.17, 15) is 9.59 Å². The minimum atomic E-state index is -0.667. The zero-order chi connectivity index (χ0) is 16.5. The minimum absolute atomic E-state index is 0.0979. The fraction of sp³-hybridized carbons (Fsp3) is 0.882. The molecule has 0 radical (unpaired) electrons. The van der Waals surface area contributed by atoms with E-state index in [0.717, 1.165) is 38.8 Å². The number of hydrogen-bond acceptors (Lipinski definition) is 3. The third kappa shape index (κ3) is 3.45. The second-order valence-corrected chi connectivity index (χ2v) is 7.66. The van der Waals surface area contributed by atoms with Crippen LogP contribution in [0.1, 0.15) is 46.5 Å². The molecule has 5 heteroatoms. The number of rotatable bonds is 3. The summed E-state index contributed by atoms with van der Waals surface area (Å²) in [6, 6.07) is 0.404. The number of carbonyl (C=O) groups excluding carboxylic acids is 2. The molecule has 0 aromatic carbocycles. The highest BCUT2D eigenvalue weighted by atomic mass is 16.2. The minimum Gasteiger partial charge on any atom is -0.342 e. The molecular formula is C17H31N3O2. The number of amides is 2. The van der Waals surface area contributed by atoms with Crippen LogP contribution < -0.4 is 5.32 Å². The Kier molecular flexibility index (Phi) is 5.15. The van der Waals surface area contributed by atoms with Crippen LogP contribution in [0, 0.1) is 11.8 Å². The number of carbonyl (C=O) groups is 2. The Morgan fingerprint density at radius 3 is 2.18 bits per heavy atom. The molecular weight excluding hydrogens is 278 g/mol. The molecule has 1 heterocycles. The predicted molar refractivity (Wildman–Crippen MR) is 87.4 cm³/mol. The van der Waals surface area contributed by atoms with Gasteiger partial charge in [0.15, 0.2) is 0 Å². The average molecular weight is 309 g/mol. The van der Waals surface area contributed by atoms with E-state index in [-0.39, 0.29) is 11.8 Å². The largest absolute Gasteiger partial charge is 0.342 e. The van der Waals surface area contributed by atoms with Gasteiger partial charge in [0, 0.05) is 26.1 Å². The van der Waals surface area contributed by atoms with E-state index in [2.05, 4.69) is 38.2 Å². The number of nitrogens with zero attached hydrogens (tertiary/aromatic N) is 2. The zero-order valence-electron chi connectivity index (χ0n) is 14.7. The van der Waals surface area contributed by atoms with E-state index in [4.69, 9.17) is 0 Å². The molecule has 22 heavy (non-hydrogen) atoms. The Morgan fingerprint density at radius 1 is 1.14 bits per heavy atom. The highest BCUT2D eigenvalue weighted by molar-refractivity contribution is 5.91. The maximum atomic E-state index is 13.2. The summed E-state index contributed by atoms with van der Waals surface area (Å²) in [4.78, 5) is 29.0. The van der Waals surface area contributed by atoms with E-state index in [1.54, 1.807) is 0 Å². The van der Waals surface area contributed by atoms with E-state index in [1.807, 2.05) is 4.90 Å². The van der Waals surface area contributed by atoms with Crippen LogP contribution in [0.4, 0.5) is 0 Å². The highest BCUT2D eigenvalue weighted by Crippen LogP contribution is 2.35. The molecule has 0 aromatic rings. The molecule has 2 unspecified atom stereocenters. The van der Waals surface area contributed by atoms with Gasteiger partial charge in [-0.1, -0.05) is 13.8 Å². The fourth-order valence-electron chi connectivity index (χ4n) is 4.07. The SMILES string of the molecule is CC(=O)NC1(C(=O)N2CC(C)C(N(C)C)C2)CCC(C)CC1. The first kappa shape index (κ1) is 17.3. The van der Waals surface area contributed by atoms with Gasteiger partial charge in [-0.25, -0.2) is 0 Å². The summed E-state index contributed by atoms with van der Waals surface area (Å²) in [5.41, 5.74) is -0.667. The van der Waals surface area contributed by atoms with Crippen molar-refractivity contribution >= 4 is 11.8 Å². The van der Waals surface area contributed by atoms with Crippen LogP contribution in [0.2, 0.25) is 0 Å². The summed E-state index contributed by atoms with van der Waals surface area (Å²) < 4.78 is 0. The molecule has 2 aliphatic rings. The van der Waals surface area contributed by atoms with Gasteiger partial charge in [-0.05, 0) is 51.6 Å². The predicted octanol–water partition coefficient (Wildman–Crippen LogP) is 1.48. The van der Waals surface area contributed by atoms with Crippen LogP contribution in [0.5, 0.6) is 0 Å². The zero-order valence-corrected chi connectivity index (χ0v) is 14.7. The van der Waals surface area contributed by atoms with Gasteiger partial charge in [0.25, 0.3) is 0 Å². The Bertz CT molecular complexity index is 428. The molecule has 0 bridgehead atoms. The summed E-state index contributed by atoms with van der Waals surface area (Å²) >= 11 is 0. The van der Waals surface area contributed by atoms with Gasteiger partial charge in [0.2, 0.25) is 11.8 Å². The average Bonchev–Trinajstić information content (AvgIpc) is 2.82. The third-order valence-corrected chi connectivity index (χ3v) is 5.48. The van der Waals surface area contributed by atoms with Gasteiger partial charge in [0.1, 0.15) is 5.54 Å². The summed E-state index contributed by atoms with van der Waals surface area (Å²) in [7, 11) is 4.14. The van der Waals surface area contributed by atoms with E-state index >= 15 is 0 Å². The topological polar surface area (TPSA) is 52.7 Å². The van der Waals surface area contributed by atoms with Gasteiger partial charge >= 0.3 is 0 Å². The molecule has 1 saturated heterocycles. The van der Waals surface area contributed by atoms with E-state index in [1.165, 1.54) is 6.92 Å². The smallest absolute Gasteiger partial charge is 0.248 e. The highest BCUT2D eigenvalue weighted by Gasteiger charge is 2.46. The Balaban J connectivity index is 2.14. The second kappa shape index (κ2) is 6.57. The second-order valence-electron chi connectivity index (χ2n) is 7.66. The van der Waals surface area contributed by atoms with Crippen molar-refractivity contribution < 1.29 is 9.59 Å². The Hall–Kier alpha value is -1.10. The lowest BCUT2D eigenvalue weighted by molar-refractivity contribution is -0.142. The van der Waals surface area contributed by atoms with Gasteiger partial charge in [-0.2, -0.15) is 0 Å². The van der Waals surface area contributed by atoms with Crippen LogP contribution in [0.25, 0.3) is 0 Å². The number of likely N-dealkylation sites (tertiary alicyclic amines) is 1. The Labute approximate surface area is 134 Å². The molecule has 1 aliphatic heterocycles. The molecule has 2 amide bonds. The molecule has 126 valence electrons. The van der Waals surface area contributed by atoms with Crippen molar-refractivity contribution in [1.82, 2.24) is 15.1 Å². The molecule has 0 spiro atoms. The molecule has 2 fully saturated rings. The van der Waals surface area contributed by atoms with Crippen LogP contribution in [-0.2, 0) is 9.59 Å². The molecule has 0 aromatic heterocycles. The van der Waals surface area contributed by atoms with Crippen molar-refractivity contribution in [2.75, 3.05) is 27.2 Å². The van der Waals surface area contributed by atoms with Crippen molar-refractivity contribution in [2.45, 2.75) is 58.0 Å². The standard InChI is InChI=1S/C17H31N3O2/c1-12-6-8-17(9-7-12,18-14(3)21)16(22)20-10-13(2)15(11-20)19(4)5/h12-13,15H,6-11H2,1-5H3,(H,18,21). The summed E-state index contributed by atoms with van der Waals surface area (Å²) in [6.07, 6.45) is 3.55. The molecule has 1 aliphatic carbocycles. The summed E-state index contributed by atoms with van der Waals surface area (Å²) in [5, 5.41) is 3.01. The van der Waals surface area contributed by atoms with Crippen LogP contribution in [0.3, 0.4) is 0 Å². The van der Waals surface area contributed by atoms with Crippen LogP contribution >= 0.6 is 0 Å². The van der Waals surface area contributed by atoms with E-state index in [0.29, 0.717) is 17.9 Å². The molecule has 1 saturated carbocycles. The monoisotopic (exact) mass is 309 g/mol. The van der Waals surface area contributed by atoms with Crippen molar-refractivity contribution in [1.29, 1.82) is 0 Å². The third-order valence-electron chi connectivity index (χ3n) is 5.48. The van der Waals surface area contributed by atoms with Crippen molar-refractivity contribution in [3.05, 3.63) is 0 Å².